The molecule has 10 heteroatoms. The van der Waals surface area contributed by atoms with Crippen molar-refractivity contribution in [2.45, 2.75) is 32.6 Å². The van der Waals surface area contributed by atoms with Crippen LogP contribution in [0.25, 0.3) is 5.69 Å². The molecule has 0 aliphatic rings. The third-order valence-electron chi connectivity index (χ3n) is 5.40. The van der Waals surface area contributed by atoms with Gasteiger partial charge in [0.2, 0.25) is 15.9 Å². The van der Waals surface area contributed by atoms with Crippen molar-refractivity contribution >= 4 is 33.7 Å². The van der Waals surface area contributed by atoms with Crippen LogP contribution in [0.5, 0.6) is 0 Å². The number of benzene rings is 2. The first-order valence-electron chi connectivity index (χ1n) is 10.9. The molecule has 0 fully saturated rings. The summed E-state index contributed by atoms with van der Waals surface area (Å²) in [7, 11) is -2.58. The van der Waals surface area contributed by atoms with Crippen molar-refractivity contribution in [3.8, 4) is 5.69 Å². The van der Waals surface area contributed by atoms with Crippen molar-refractivity contribution in [2.75, 3.05) is 18.9 Å². The molecule has 0 saturated heterocycles. The average Bonchev–Trinajstić information content (AvgIpc) is 3.07. The van der Waals surface area contributed by atoms with Crippen molar-refractivity contribution in [3.63, 3.8) is 0 Å². The Bertz CT molecular complexity index is 1360. The van der Waals surface area contributed by atoms with Crippen LogP contribution in [0, 0.1) is 20.8 Å². The molecular formula is C25H29N5O4S. The van der Waals surface area contributed by atoms with Crippen LogP contribution in [0.1, 0.15) is 29.4 Å². The van der Waals surface area contributed by atoms with E-state index in [1.54, 1.807) is 6.21 Å². The number of amides is 2. The van der Waals surface area contributed by atoms with Gasteiger partial charge in [-0.15, -0.1) is 0 Å². The van der Waals surface area contributed by atoms with E-state index in [1.807, 2.05) is 51.1 Å². The third kappa shape index (κ3) is 6.23. The van der Waals surface area contributed by atoms with Gasteiger partial charge < -0.3 is 9.88 Å². The highest BCUT2D eigenvalue weighted by atomic mass is 32.2. The molecule has 2 N–H and O–H groups in total. The molecule has 1 aromatic heterocycles. The molecule has 3 aromatic rings. The minimum atomic E-state index is -3.89. The normalized spacial score (nSPS) is 11.7. The standard InChI is InChI=1S/C25H29N5O4S/c1-17-6-10-23(11-7-17)30-18(2)14-21(19(30)3)15-26-28-25(32)16-29(5)35(33,34)24-12-8-22(9-13-24)27-20(4)31/h6-15H,16H2,1-5H3,(H,27,31)(H,28,32)/b26-15+. The first kappa shape index (κ1) is 25.9. The summed E-state index contributed by atoms with van der Waals surface area (Å²) < 4.78 is 28.5. The maximum absolute atomic E-state index is 12.8. The van der Waals surface area contributed by atoms with Crippen molar-refractivity contribution in [1.29, 1.82) is 0 Å². The van der Waals surface area contributed by atoms with E-state index in [4.69, 9.17) is 0 Å². The van der Waals surface area contributed by atoms with Gasteiger partial charge in [0.15, 0.2) is 0 Å². The van der Waals surface area contributed by atoms with Crippen LogP contribution in [0.4, 0.5) is 5.69 Å². The molecule has 0 spiro atoms. The lowest BCUT2D eigenvalue weighted by Gasteiger charge is -2.16. The minimum Gasteiger partial charge on any atom is -0.326 e. The second-order valence-corrected chi connectivity index (χ2v) is 10.3. The summed E-state index contributed by atoms with van der Waals surface area (Å²) in [6.45, 7) is 6.95. The Labute approximate surface area is 205 Å². The average molecular weight is 496 g/mol. The topological polar surface area (TPSA) is 113 Å². The van der Waals surface area contributed by atoms with Crippen LogP contribution in [-0.4, -0.2) is 48.9 Å². The molecule has 2 aromatic carbocycles. The lowest BCUT2D eigenvalue weighted by Crippen LogP contribution is -2.36. The highest BCUT2D eigenvalue weighted by molar-refractivity contribution is 7.89. The smallest absolute Gasteiger partial charge is 0.255 e. The molecule has 0 bridgehead atoms. The second-order valence-electron chi connectivity index (χ2n) is 8.26. The Morgan fingerprint density at radius 3 is 2.26 bits per heavy atom. The van der Waals surface area contributed by atoms with Gasteiger partial charge in [-0.1, -0.05) is 17.7 Å². The minimum absolute atomic E-state index is 0.00829. The Balaban J connectivity index is 1.63. The molecule has 3 rings (SSSR count). The molecule has 0 radical (unpaired) electrons. The largest absolute Gasteiger partial charge is 0.326 e. The Morgan fingerprint density at radius 1 is 1.03 bits per heavy atom. The Hall–Kier alpha value is -3.76. The molecule has 0 unspecified atom stereocenters. The van der Waals surface area contributed by atoms with E-state index in [2.05, 4.69) is 20.4 Å². The molecule has 1 heterocycles. The number of sulfonamides is 1. The highest BCUT2D eigenvalue weighted by Crippen LogP contribution is 2.20. The van der Waals surface area contributed by atoms with Crippen LogP contribution in [0.2, 0.25) is 0 Å². The van der Waals surface area contributed by atoms with Gasteiger partial charge in [-0.2, -0.15) is 9.41 Å². The van der Waals surface area contributed by atoms with Gasteiger partial charge in [0, 0.05) is 42.3 Å². The van der Waals surface area contributed by atoms with E-state index in [0.717, 1.165) is 26.9 Å². The monoisotopic (exact) mass is 495 g/mol. The number of carbonyl (C=O) groups excluding carboxylic acids is 2. The van der Waals surface area contributed by atoms with E-state index in [9.17, 15) is 18.0 Å². The van der Waals surface area contributed by atoms with Crippen molar-refractivity contribution in [3.05, 3.63) is 77.1 Å². The summed E-state index contributed by atoms with van der Waals surface area (Å²) >= 11 is 0. The highest BCUT2D eigenvalue weighted by Gasteiger charge is 2.23. The zero-order chi connectivity index (χ0) is 25.8. The Kier molecular flexibility index (Phi) is 7.88. The fourth-order valence-corrected chi connectivity index (χ4v) is 4.73. The van der Waals surface area contributed by atoms with Gasteiger partial charge in [0.25, 0.3) is 5.91 Å². The molecule has 184 valence electrons. The molecule has 35 heavy (non-hydrogen) atoms. The number of nitrogens with one attached hydrogen (secondary N) is 2. The van der Waals surface area contributed by atoms with Crippen molar-refractivity contribution in [1.82, 2.24) is 14.3 Å². The van der Waals surface area contributed by atoms with E-state index in [0.29, 0.717) is 5.69 Å². The van der Waals surface area contributed by atoms with E-state index >= 15 is 0 Å². The van der Waals surface area contributed by atoms with Crippen LogP contribution >= 0.6 is 0 Å². The lowest BCUT2D eigenvalue weighted by molar-refractivity contribution is -0.121. The number of hydrazone groups is 1. The maximum Gasteiger partial charge on any atom is 0.255 e. The van der Waals surface area contributed by atoms with Gasteiger partial charge in [-0.3, -0.25) is 9.59 Å². The first-order valence-corrected chi connectivity index (χ1v) is 12.3. The van der Waals surface area contributed by atoms with Crippen LogP contribution < -0.4 is 10.7 Å². The van der Waals surface area contributed by atoms with Gasteiger partial charge in [0.1, 0.15) is 0 Å². The number of aryl methyl sites for hydroxylation is 2. The van der Waals surface area contributed by atoms with E-state index in [-0.39, 0.29) is 10.8 Å². The Morgan fingerprint density at radius 2 is 1.66 bits per heavy atom. The number of anilines is 1. The molecule has 0 atom stereocenters. The van der Waals surface area contributed by atoms with Gasteiger partial charge >= 0.3 is 0 Å². The number of hydrogen-bond donors (Lipinski definition) is 2. The summed E-state index contributed by atoms with van der Waals surface area (Å²) in [6, 6.07) is 15.9. The lowest BCUT2D eigenvalue weighted by atomic mass is 10.2. The quantitative estimate of drug-likeness (QED) is 0.369. The predicted octanol–water partition coefficient (Wildman–Crippen LogP) is 3.13. The van der Waals surface area contributed by atoms with E-state index in [1.165, 1.54) is 43.8 Å². The molecule has 2 amide bonds. The zero-order valence-corrected chi connectivity index (χ0v) is 21.2. The fraction of sp³-hybridized carbons (Fsp3) is 0.240. The number of aromatic nitrogens is 1. The summed E-state index contributed by atoms with van der Waals surface area (Å²) in [4.78, 5) is 23.5. The molecular weight excluding hydrogens is 466 g/mol. The number of rotatable bonds is 8. The summed E-state index contributed by atoms with van der Waals surface area (Å²) in [5.41, 5.74) is 7.90. The van der Waals surface area contributed by atoms with Gasteiger partial charge in [0.05, 0.1) is 17.7 Å². The second kappa shape index (κ2) is 10.7. The molecule has 9 nitrogen and oxygen atoms in total. The molecule has 0 saturated carbocycles. The first-order chi connectivity index (χ1) is 16.5. The van der Waals surface area contributed by atoms with Crippen molar-refractivity contribution in [2.24, 2.45) is 5.10 Å². The molecule has 0 aliphatic carbocycles. The van der Waals surface area contributed by atoms with Crippen LogP contribution in [0.3, 0.4) is 0 Å². The molecule has 0 aliphatic heterocycles. The van der Waals surface area contributed by atoms with Crippen LogP contribution in [-0.2, 0) is 19.6 Å². The summed E-state index contributed by atoms with van der Waals surface area (Å²) in [6.07, 6.45) is 1.54. The predicted molar refractivity (Wildman–Crippen MR) is 136 cm³/mol. The van der Waals surface area contributed by atoms with Gasteiger partial charge in [-0.05, 0) is 63.2 Å². The number of nitrogens with zero attached hydrogens (tertiary/aromatic N) is 3. The number of hydrogen-bond acceptors (Lipinski definition) is 5. The maximum atomic E-state index is 12.8. The van der Waals surface area contributed by atoms with E-state index < -0.39 is 22.5 Å². The third-order valence-corrected chi connectivity index (χ3v) is 7.22. The van der Waals surface area contributed by atoms with Crippen molar-refractivity contribution < 1.29 is 18.0 Å². The van der Waals surface area contributed by atoms with Gasteiger partial charge in [-0.25, -0.2) is 13.8 Å². The SMILES string of the molecule is CC(=O)Nc1ccc(S(=O)(=O)N(C)CC(=O)N/N=C/c2cc(C)n(-c3ccc(C)cc3)c2C)cc1. The number of likely N-dealkylation sites (N-methyl/N-ethyl adjacent to an activating group) is 1. The number of carbonyl (C=O) groups is 2. The fourth-order valence-electron chi connectivity index (χ4n) is 3.60. The van der Waals surface area contributed by atoms with Crippen LogP contribution in [0.15, 0.2) is 64.6 Å². The zero-order valence-electron chi connectivity index (χ0n) is 20.4. The summed E-state index contributed by atoms with van der Waals surface area (Å²) in [5, 5.41) is 6.59. The summed E-state index contributed by atoms with van der Waals surface area (Å²) in [5.74, 6) is -0.832.